The van der Waals surface area contributed by atoms with E-state index in [-0.39, 0.29) is 0 Å². The minimum atomic E-state index is -0.900. The zero-order valence-corrected chi connectivity index (χ0v) is 13.0. The van der Waals surface area contributed by atoms with Gasteiger partial charge in [0.2, 0.25) is 11.7 Å². The number of aldehydes is 1. The van der Waals surface area contributed by atoms with E-state index in [1.165, 1.54) is 0 Å². The molecule has 0 bridgehead atoms. The molecule has 2 atom stereocenters. The molecule has 7 heteroatoms. The summed E-state index contributed by atoms with van der Waals surface area (Å²) in [4.78, 5) is 46.1. The average Bonchev–Trinajstić information content (AvgIpc) is 2.57. The van der Waals surface area contributed by atoms with Gasteiger partial charge in [0.1, 0.15) is 12.3 Å². The quantitative estimate of drug-likeness (QED) is 0.432. The molecule has 1 aromatic rings. The monoisotopic (exact) mass is 319 g/mol. The first-order valence-electron chi connectivity index (χ1n) is 7.36. The van der Waals surface area contributed by atoms with E-state index in [1.54, 1.807) is 30.3 Å². The van der Waals surface area contributed by atoms with Crippen LogP contribution in [0.15, 0.2) is 30.3 Å². The van der Waals surface area contributed by atoms with E-state index >= 15 is 0 Å². The van der Waals surface area contributed by atoms with Crippen molar-refractivity contribution in [3.63, 3.8) is 0 Å². The molecule has 1 rings (SSSR count). The van der Waals surface area contributed by atoms with Crippen molar-refractivity contribution in [2.45, 2.75) is 31.8 Å². The molecule has 0 saturated carbocycles. The van der Waals surface area contributed by atoms with Crippen LogP contribution in [0.1, 0.15) is 31.4 Å². The normalized spacial score (nSPS) is 12.8. The molecule has 1 aromatic carbocycles. The number of benzene rings is 1. The van der Waals surface area contributed by atoms with Gasteiger partial charge in [-0.2, -0.15) is 0 Å². The molecule has 0 aliphatic heterocycles. The number of amides is 2. The Bertz CT molecular complexity index is 560. The number of hydrogen-bond donors (Lipinski definition) is 3. The van der Waals surface area contributed by atoms with Crippen LogP contribution >= 0.6 is 0 Å². The summed E-state index contributed by atoms with van der Waals surface area (Å²) >= 11 is 0. The van der Waals surface area contributed by atoms with Gasteiger partial charge < -0.3 is 21.2 Å². The molecule has 0 aliphatic carbocycles. The molecule has 0 aliphatic rings. The Labute approximate surface area is 134 Å². The van der Waals surface area contributed by atoms with Gasteiger partial charge in [-0.25, -0.2) is 0 Å². The average molecular weight is 319 g/mol. The lowest BCUT2D eigenvalue weighted by atomic mass is 10.1. The third kappa shape index (κ3) is 5.99. The van der Waals surface area contributed by atoms with E-state index < -0.39 is 36.2 Å². The van der Waals surface area contributed by atoms with Crippen molar-refractivity contribution in [2.75, 3.05) is 6.54 Å². The number of carbonyl (C=O) groups excluding carboxylic acids is 4. The zero-order chi connectivity index (χ0) is 17.2. The second-order valence-electron chi connectivity index (χ2n) is 5.03. The van der Waals surface area contributed by atoms with E-state index in [4.69, 9.17) is 5.73 Å². The van der Waals surface area contributed by atoms with Crippen LogP contribution in [0.5, 0.6) is 0 Å². The predicted octanol–water partition coefficient (Wildman–Crippen LogP) is -0.144. The Morgan fingerprint density at radius 3 is 2.43 bits per heavy atom. The molecule has 0 fully saturated rings. The molecule has 0 saturated heterocycles. The summed E-state index contributed by atoms with van der Waals surface area (Å²) in [7, 11) is 0. The standard InChI is InChI=1S/C16H21N3O4/c1-2-6-12(17)15(22)16(23)18-9-14(21)19-13(10-20)11-7-4-3-5-8-11/h3-5,7-8,10,12-13H,2,6,9,17H2,1H3,(H,18,23)(H,19,21)/t12?,13-/m1/s1. The molecular formula is C16H21N3O4. The fourth-order valence-corrected chi connectivity index (χ4v) is 1.94. The zero-order valence-electron chi connectivity index (χ0n) is 13.0. The molecule has 7 nitrogen and oxygen atoms in total. The van der Waals surface area contributed by atoms with E-state index in [9.17, 15) is 19.2 Å². The maximum absolute atomic E-state index is 11.8. The molecule has 23 heavy (non-hydrogen) atoms. The van der Waals surface area contributed by atoms with Gasteiger partial charge in [-0.15, -0.1) is 0 Å². The lowest BCUT2D eigenvalue weighted by molar-refractivity contribution is -0.139. The molecule has 1 unspecified atom stereocenters. The van der Waals surface area contributed by atoms with Crippen LogP contribution in [0.3, 0.4) is 0 Å². The van der Waals surface area contributed by atoms with Crippen LogP contribution in [-0.4, -0.2) is 36.5 Å². The number of nitrogens with one attached hydrogen (secondary N) is 2. The summed E-state index contributed by atoms with van der Waals surface area (Å²) in [6.45, 7) is 1.45. The smallest absolute Gasteiger partial charge is 0.289 e. The lowest BCUT2D eigenvalue weighted by Gasteiger charge is -2.14. The van der Waals surface area contributed by atoms with Crippen LogP contribution in [0, 0.1) is 0 Å². The van der Waals surface area contributed by atoms with Crippen molar-refractivity contribution in [3.05, 3.63) is 35.9 Å². The third-order valence-corrected chi connectivity index (χ3v) is 3.18. The van der Waals surface area contributed by atoms with Crippen molar-refractivity contribution < 1.29 is 19.2 Å². The second-order valence-corrected chi connectivity index (χ2v) is 5.03. The summed E-state index contributed by atoms with van der Waals surface area (Å²) in [6.07, 6.45) is 1.68. The van der Waals surface area contributed by atoms with Gasteiger partial charge in [0.05, 0.1) is 12.6 Å². The van der Waals surface area contributed by atoms with Gasteiger partial charge >= 0.3 is 0 Å². The number of nitrogens with two attached hydrogens (primary N) is 1. The highest BCUT2D eigenvalue weighted by molar-refractivity contribution is 6.38. The van der Waals surface area contributed by atoms with E-state index in [0.29, 0.717) is 24.7 Å². The second kappa shape index (κ2) is 9.47. The van der Waals surface area contributed by atoms with Crippen LogP contribution in [-0.2, 0) is 19.2 Å². The Morgan fingerprint density at radius 1 is 1.22 bits per heavy atom. The predicted molar refractivity (Wildman–Crippen MR) is 84.3 cm³/mol. The van der Waals surface area contributed by atoms with Crippen molar-refractivity contribution in [1.29, 1.82) is 0 Å². The highest BCUT2D eigenvalue weighted by atomic mass is 16.2. The largest absolute Gasteiger partial charge is 0.341 e. The fraction of sp³-hybridized carbons (Fsp3) is 0.375. The number of ketones is 1. The maximum Gasteiger partial charge on any atom is 0.289 e. The molecule has 0 radical (unpaired) electrons. The van der Waals surface area contributed by atoms with Crippen molar-refractivity contribution in [2.24, 2.45) is 5.73 Å². The van der Waals surface area contributed by atoms with Gasteiger partial charge in [0.15, 0.2) is 0 Å². The van der Waals surface area contributed by atoms with Crippen molar-refractivity contribution >= 4 is 23.9 Å². The molecule has 4 N–H and O–H groups in total. The topological polar surface area (TPSA) is 118 Å². The number of carbonyl (C=O) groups is 4. The van der Waals surface area contributed by atoms with E-state index in [1.807, 2.05) is 6.92 Å². The summed E-state index contributed by atoms with van der Waals surface area (Å²) in [6, 6.07) is 7.00. The Morgan fingerprint density at radius 2 is 1.87 bits per heavy atom. The molecule has 0 aromatic heterocycles. The minimum Gasteiger partial charge on any atom is -0.341 e. The van der Waals surface area contributed by atoms with Crippen LogP contribution in [0.4, 0.5) is 0 Å². The molecule has 124 valence electrons. The maximum atomic E-state index is 11.8. The number of hydrogen-bond acceptors (Lipinski definition) is 5. The van der Waals surface area contributed by atoms with Crippen molar-refractivity contribution in [1.82, 2.24) is 10.6 Å². The SMILES string of the molecule is CCCC(N)C(=O)C(=O)NCC(=O)N[C@H](C=O)c1ccccc1. The van der Waals surface area contributed by atoms with Gasteiger partial charge in [-0.3, -0.25) is 14.4 Å². The number of Topliss-reactive ketones (excluding diaryl/α,β-unsaturated/α-hetero) is 1. The Balaban J connectivity index is 2.49. The fourth-order valence-electron chi connectivity index (χ4n) is 1.94. The molecule has 0 heterocycles. The Kier molecular flexibility index (Phi) is 7.62. The van der Waals surface area contributed by atoms with Crippen molar-refractivity contribution in [3.8, 4) is 0 Å². The highest BCUT2D eigenvalue weighted by Crippen LogP contribution is 2.09. The highest BCUT2D eigenvalue weighted by Gasteiger charge is 2.22. The van der Waals surface area contributed by atoms with Gasteiger partial charge in [0, 0.05) is 0 Å². The summed E-state index contributed by atoms with van der Waals surface area (Å²) < 4.78 is 0. The summed E-state index contributed by atoms with van der Waals surface area (Å²) in [5, 5.41) is 4.67. The molecular weight excluding hydrogens is 298 g/mol. The third-order valence-electron chi connectivity index (χ3n) is 3.18. The number of rotatable bonds is 9. The van der Waals surface area contributed by atoms with E-state index in [0.717, 1.165) is 0 Å². The van der Waals surface area contributed by atoms with E-state index in [2.05, 4.69) is 10.6 Å². The molecule has 0 spiro atoms. The first-order valence-corrected chi connectivity index (χ1v) is 7.36. The molecule has 2 amide bonds. The van der Waals surface area contributed by atoms with Crippen LogP contribution in [0.2, 0.25) is 0 Å². The van der Waals surface area contributed by atoms with Gasteiger partial charge in [-0.05, 0) is 12.0 Å². The first kappa shape index (κ1) is 18.5. The van der Waals surface area contributed by atoms with Gasteiger partial charge in [0.25, 0.3) is 5.91 Å². The van der Waals surface area contributed by atoms with Gasteiger partial charge in [-0.1, -0.05) is 43.7 Å². The summed E-state index contributed by atoms with van der Waals surface area (Å²) in [5.74, 6) is -2.23. The Hall–Kier alpha value is -2.54. The van der Waals surface area contributed by atoms with Crippen LogP contribution < -0.4 is 16.4 Å². The summed E-state index contributed by atoms with van der Waals surface area (Å²) in [5.41, 5.74) is 6.18. The lowest BCUT2D eigenvalue weighted by Crippen LogP contribution is -2.46. The first-order chi connectivity index (χ1) is 11.0. The minimum absolute atomic E-state index is 0.402. The van der Waals surface area contributed by atoms with Crippen LogP contribution in [0.25, 0.3) is 0 Å².